The third kappa shape index (κ3) is 4.84. The van der Waals surface area contributed by atoms with Gasteiger partial charge in [0.05, 0.1) is 0 Å². The van der Waals surface area contributed by atoms with Crippen molar-refractivity contribution < 1.29 is 0 Å². The van der Waals surface area contributed by atoms with Gasteiger partial charge in [-0.25, -0.2) is 0 Å². The molecular formula is C14H30N4. The normalized spacial score (nSPS) is 20.6. The number of likely N-dealkylation sites (tertiary alicyclic amines) is 1. The second-order valence-electron chi connectivity index (χ2n) is 5.70. The molecule has 4 heteroatoms. The van der Waals surface area contributed by atoms with Crippen molar-refractivity contribution in [3.63, 3.8) is 0 Å². The molecule has 0 N–H and O–H groups in total. The molecule has 106 valence electrons. The molecule has 0 aromatic rings. The summed E-state index contributed by atoms with van der Waals surface area (Å²) in [4.78, 5) is 11.4. The molecule has 0 radical (unpaired) electrons. The highest BCUT2D eigenvalue weighted by atomic mass is 15.3. The molecule has 0 bridgehead atoms. The van der Waals surface area contributed by atoms with Crippen LogP contribution in [0, 0.1) is 0 Å². The summed E-state index contributed by atoms with van der Waals surface area (Å²) in [6.45, 7) is 5.75. The highest BCUT2D eigenvalue weighted by Gasteiger charge is 2.17. The highest BCUT2D eigenvalue weighted by Crippen LogP contribution is 2.16. The number of aliphatic imine (C=N–C) groups is 1. The van der Waals surface area contributed by atoms with Crippen LogP contribution in [0.1, 0.15) is 32.6 Å². The summed E-state index contributed by atoms with van der Waals surface area (Å²) in [6.07, 6.45) is 5.30. The van der Waals surface area contributed by atoms with Crippen molar-refractivity contribution in [3.8, 4) is 0 Å². The smallest absolute Gasteiger partial charge is 0.195 e. The Labute approximate surface area is 113 Å². The third-order valence-electron chi connectivity index (χ3n) is 3.60. The van der Waals surface area contributed by atoms with E-state index in [1.54, 1.807) is 0 Å². The monoisotopic (exact) mass is 254 g/mol. The zero-order chi connectivity index (χ0) is 13.5. The van der Waals surface area contributed by atoms with E-state index in [2.05, 4.69) is 26.6 Å². The summed E-state index contributed by atoms with van der Waals surface area (Å²) >= 11 is 0. The molecule has 0 amide bonds. The quantitative estimate of drug-likeness (QED) is 0.433. The van der Waals surface area contributed by atoms with Gasteiger partial charge in [0.1, 0.15) is 0 Å². The molecule has 1 fully saturated rings. The molecule has 1 aliphatic rings. The zero-order valence-electron chi connectivity index (χ0n) is 12.8. The van der Waals surface area contributed by atoms with Gasteiger partial charge in [-0.2, -0.15) is 0 Å². The molecule has 1 rings (SSSR count). The lowest BCUT2D eigenvalue weighted by molar-refractivity contribution is 0.160. The standard InChI is InChI=1S/C14H30N4/c1-13-9-6-7-11-18(13)12-8-10-15-14(16(2)3)17(4)5/h13H,6-12H2,1-5H3. The summed E-state index contributed by atoms with van der Waals surface area (Å²) in [7, 11) is 8.19. The van der Waals surface area contributed by atoms with Crippen LogP contribution in [0.3, 0.4) is 0 Å². The third-order valence-corrected chi connectivity index (χ3v) is 3.60. The van der Waals surface area contributed by atoms with Crippen molar-refractivity contribution in [2.45, 2.75) is 38.6 Å². The number of hydrogen-bond acceptors (Lipinski definition) is 2. The Bertz CT molecular complexity index is 251. The molecule has 0 aliphatic carbocycles. The van der Waals surface area contributed by atoms with Crippen LogP contribution in [0.25, 0.3) is 0 Å². The highest BCUT2D eigenvalue weighted by molar-refractivity contribution is 5.79. The Balaban J connectivity index is 2.30. The van der Waals surface area contributed by atoms with Gasteiger partial charge in [0, 0.05) is 47.3 Å². The van der Waals surface area contributed by atoms with Crippen LogP contribution in [-0.2, 0) is 0 Å². The lowest BCUT2D eigenvalue weighted by Crippen LogP contribution is -2.38. The molecule has 18 heavy (non-hydrogen) atoms. The minimum atomic E-state index is 0.768. The van der Waals surface area contributed by atoms with Crippen LogP contribution in [0.2, 0.25) is 0 Å². The molecule has 0 aromatic carbocycles. The maximum absolute atomic E-state index is 4.67. The van der Waals surface area contributed by atoms with Gasteiger partial charge < -0.3 is 14.7 Å². The maximum Gasteiger partial charge on any atom is 0.195 e. The van der Waals surface area contributed by atoms with Crippen LogP contribution in [0.5, 0.6) is 0 Å². The fraction of sp³-hybridized carbons (Fsp3) is 0.929. The Morgan fingerprint density at radius 1 is 1.17 bits per heavy atom. The van der Waals surface area contributed by atoms with Crippen LogP contribution in [0.15, 0.2) is 4.99 Å². The van der Waals surface area contributed by atoms with E-state index in [4.69, 9.17) is 0 Å². The lowest BCUT2D eigenvalue weighted by Gasteiger charge is -2.33. The SMILES string of the molecule is CC1CCCCN1CCCN=C(N(C)C)N(C)C. The molecule has 0 spiro atoms. The van der Waals surface area contributed by atoms with Crippen LogP contribution < -0.4 is 0 Å². The number of rotatable bonds is 4. The average Bonchev–Trinajstić information content (AvgIpc) is 2.30. The van der Waals surface area contributed by atoms with Crippen molar-refractivity contribution in [1.82, 2.24) is 14.7 Å². The molecule has 0 aromatic heterocycles. The maximum atomic E-state index is 4.67. The zero-order valence-corrected chi connectivity index (χ0v) is 12.8. The average molecular weight is 254 g/mol. The molecule has 0 saturated carbocycles. The first-order valence-electron chi connectivity index (χ1n) is 7.15. The molecule has 1 aliphatic heterocycles. The summed E-state index contributed by atoms with van der Waals surface area (Å²) < 4.78 is 0. The number of guanidine groups is 1. The predicted molar refractivity (Wildman–Crippen MR) is 79.2 cm³/mol. The van der Waals surface area contributed by atoms with Gasteiger partial charge in [0.2, 0.25) is 0 Å². The number of piperidine rings is 1. The fourth-order valence-corrected chi connectivity index (χ4v) is 2.63. The Hall–Kier alpha value is -0.770. The van der Waals surface area contributed by atoms with Gasteiger partial charge in [0.15, 0.2) is 5.96 Å². The number of nitrogens with zero attached hydrogens (tertiary/aromatic N) is 4. The van der Waals surface area contributed by atoms with E-state index < -0.39 is 0 Å². The van der Waals surface area contributed by atoms with E-state index in [1.165, 1.54) is 32.4 Å². The van der Waals surface area contributed by atoms with E-state index >= 15 is 0 Å². The van der Waals surface area contributed by atoms with Crippen LogP contribution >= 0.6 is 0 Å². The first kappa shape index (κ1) is 15.3. The first-order valence-corrected chi connectivity index (χ1v) is 7.15. The topological polar surface area (TPSA) is 22.1 Å². The van der Waals surface area contributed by atoms with E-state index in [1.807, 2.05) is 28.2 Å². The fourth-order valence-electron chi connectivity index (χ4n) is 2.63. The van der Waals surface area contributed by atoms with E-state index in [9.17, 15) is 0 Å². The van der Waals surface area contributed by atoms with Gasteiger partial charge in [-0.1, -0.05) is 6.42 Å². The largest absolute Gasteiger partial charge is 0.349 e. The van der Waals surface area contributed by atoms with Crippen molar-refractivity contribution in [1.29, 1.82) is 0 Å². The van der Waals surface area contributed by atoms with Crippen molar-refractivity contribution in [2.75, 3.05) is 47.8 Å². The summed E-state index contributed by atoms with van der Waals surface area (Å²) in [5, 5.41) is 0. The van der Waals surface area contributed by atoms with Gasteiger partial charge in [-0.05, 0) is 32.7 Å². The molecule has 1 unspecified atom stereocenters. The van der Waals surface area contributed by atoms with Crippen LogP contribution in [-0.4, -0.2) is 74.5 Å². The van der Waals surface area contributed by atoms with Crippen molar-refractivity contribution in [3.05, 3.63) is 0 Å². The Kier molecular flexibility index (Phi) is 6.47. The van der Waals surface area contributed by atoms with Gasteiger partial charge in [0.25, 0.3) is 0 Å². The van der Waals surface area contributed by atoms with E-state index in [-0.39, 0.29) is 0 Å². The molecule has 1 heterocycles. The molecule has 1 atom stereocenters. The Morgan fingerprint density at radius 2 is 1.83 bits per heavy atom. The minimum Gasteiger partial charge on any atom is -0.349 e. The van der Waals surface area contributed by atoms with Crippen molar-refractivity contribution >= 4 is 5.96 Å². The predicted octanol–water partition coefficient (Wildman–Crippen LogP) is 1.73. The second-order valence-corrected chi connectivity index (χ2v) is 5.70. The molecule has 4 nitrogen and oxygen atoms in total. The van der Waals surface area contributed by atoms with Crippen LogP contribution in [0.4, 0.5) is 0 Å². The lowest BCUT2D eigenvalue weighted by atomic mass is 10.0. The summed E-state index contributed by atoms with van der Waals surface area (Å²) in [6, 6.07) is 0.768. The summed E-state index contributed by atoms with van der Waals surface area (Å²) in [5.74, 6) is 1.06. The van der Waals surface area contributed by atoms with E-state index in [0.29, 0.717) is 0 Å². The van der Waals surface area contributed by atoms with E-state index in [0.717, 1.165) is 25.0 Å². The van der Waals surface area contributed by atoms with Crippen molar-refractivity contribution in [2.24, 2.45) is 4.99 Å². The molecule has 1 saturated heterocycles. The second kappa shape index (κ2) is 7.62. The van der Waals surface area contributed by atoms with Gasteiger partial charge in [-0.15, -0.1) is 0 Å². The molecular weight excluding hydrogens is 224 g/mol. The number of hydrogen-bond donors (Lipinski definition) is 0. The minimum absolute atomic E-state index is 0.768. The Morgan fingerprint density at radius 3 is 2.39 bits per heavy atom. The first-order chi connectivity index (χ1) is 8.52. The van der Waals surface area contributed by atoms with Gasteiger partial charge >= 0.3 is 0 Å². The van der Waals surface area contributed by atoms with Gasteiger partial charge in [-0.3, -0.25) is 4.99 Å². The summed E-state index contributed by atoms with van der Waals surface area (Å²) in [5.41, 5.74) is 0.